The van der Waals surface area contributed by atoms with Gasteiger partial charge in [-0.05, 0) is 61.0 Å². The predicted molar refractivity (Wildman–Crippen MR) is 207 cm³/mol. The summed E-state index contributed by atoms with van der Waals surface area (Å²) in [7, 11) is 0. The van der Waals surface area contributed by atoms with Crippen molar-refractivity contribution in [1.29, 1.82) is 0 Å². The highest BCUT2D eigenvalue weighted by atomic mass is 15.0. The Morgan fingerprint density at radius 3 is 1.18 bits per heavy atom. The van der Waals surface area contributed by atoms with Gasteiger partial charge in [-0.15, -0.1) is 0 Å². The first-order valence-corrected chi connectivity index (χ1v) is 16.9. The van der Waals surface area contributed by atoms with Crippen LogP contribution in [0.15, 0.2) is 188 Å². The Kier molecular flexibility index (Phi) is 7.49. The van der Waals surface area contributed by atoms with Gasteiger partial charge in [0.05, 0.1) is 0 Å². The van der Waals surface area contributed by atoms with Crippen molar-refractivity contribution in [2.24, 2.45) is 0 Å². The van der Waals surface area contributed by atoms with Gasteiger partial charge < -0.3 is 0 Å². The van der Waals surface area contributed by atoms with E-state index in [1.165, 1.54) is 38.4 Å². The lowest BCUT2D eigenvalue weighted by Crippen LogP contribution is -2.00. The molecule has 8 aromatic carbocycles. The second kappa shape index (κ2) is 12.7. The Hall–Kier alpha value is -6.71. The molecule has 0 spiro atoms. The maximum absolute atomic E-state index is 5.07. The molecule has 0 amide bonds. The van der Waals surface area contributed by atoms with E-state index < -0.39 is 0 Å². The Morgan fingerprint density at radius 2 is 0.620 bits per heavy atom. The van der Waals surface area contributed by atoms with Crippen molar-refractivity contribution in [3.63, 3.8) is 0 Å². The largest absolute Gasteiger partial charge is 0.208 e. The van der Waals surface area contributed by atoms with Gasteiger partial charge in [-0.2, -0.15) is 0 Å². The summed E-state index contributed by atoms with van der Waals surface area (Å²) in [6, 6.07) is 65.9. The molecule has 9 aromatic rings. The van der Waals surface area contributed by atoms with Gasteiger partial charge in [0, 0.05) is 16.7 Å². The van der Waals surface area contributed by atoms with Crippen LogP contribution >= 0.6 is 0 Å². The minimum absolute atomic E-state index is 0.640. The molecule has 1 heterocycles. The van der Waals surface area contributed by atoms with E-state index in [0.29, 0.717) is 17.5 Å². The van der Waals surface area contributed by atoms with Crippen LogP contribution in [0.25, 0.3) is 89.1 Å². The molecule has 0 bridgehead atoms. The van der Waals surface area contributed by atoms with Crippen molar-refractivity contribution in [3.05, 3.63) is 188 Å². The highest BCUT2D eigenvalue weighted by Gasteiger charge is 2.15. The number of fused-ring (bicyclic) bond motifs is 2. The zero-order valence-corrected chi connectivity index (χ0v) is 27.2. The van der Waals surface area contributed by atoms with Crippen LogP contribution in [-0.2, 0) is 0 Å². The van der Waals surface area contributed by atoms with E-state index in [1.807, 2.05) is 12.1 Å². The van der Waals surface area contributed by atoms with Crippen LogP contribution < -0.4 is 0 Å². The first-order valence-electron chi connectivity index (χ1n) is 16.9. The second-order valence-electron chi connectivity index (χ2n) is 12.5. The van der Waals surface area contributed by atoms with Crippen molar-refractivity contribution in [1.82, 2.24) is 15.0 Å². The summed E-state index contributed by atoms with van der Waals surface area (Å²) in [6.07, 6.45) is 0. The van der Waals surface area contributed by atoms with E-state index in [1.54, 1.807) is 0 Å². The van der Waals surface area contributed by atoms with Crippen LogP contribution in [0.1, 0.15) is 0 Å². The number of hydrogen-bond acceptors (Lipinski definition) is 3. The predicted octanol–water partition coefficient (Wildman–Crippen LogP) is 12.2. The molecule has 0 aliphatic rings. The Morgan fingerprint density at radius 1 is 0.240 bits per heavy atom. The highest BCUT2D eigenvalue weighted by Crippen LogP contribution is 2.36. The number of benzene rings is 8. The molecule has 1 aromatic heterocycles. The lowest BCUT2D eigenvalue weighted by Gasteiger charge is -2.12. The summed E-state index contributed by atoms with van der Waals surface area (Å²) in [5.41, 5.74) is 9.91. The molecule has 0 radical (unpaired) electrons. The maximum Gasteiger partial charge on any atom is 0.164 e. The van der Waals surface area contributed by atoms with Gasteiger partial charge in [0.2, 0.25) is 0 Å². The first kappa shape index (κ1) is 29.4. The summed E-state index contributed by atoms with van der Waals surface area (Å²) < 4.78 is 0. The molecule has 0 saturated carbocycles. The van der Waals surface area contributed by atoms with Gasteiger partial charge in [0.1, 0.15) is 0 Å². The van der Waals surface area contributed by atoms with Gasteiger partial charge >= 0.3 is 0 Å². The van der Waals surface area contributed by atoms with E-state index in [0.717, 1.165) is 33.2 Å². The van der Waals surface area contributed by atoms with E-state index in [9.17, 15) is 0 Å². The number of rotatable bonds is 6. The summed E-state index contributed by atoms with van der Waals surface area (Å²) in [6.45, 7) is 0. The smallest absolute Gasteiger partial charge is 0.164 e. The minimum atomic E-state index is 0.640. The molecule has 0 aliphatic carbocycles. The molecule has 3 heteroatoms. The highest BCUT2D eigenvalue weighted by molar-refractivity contribution is 6.06. The molecule has 3 nitrogen and oxygen atoms in total. The third-order valence-electron chi connectivity index (χ3n) is 9.35. The van der Waals surface area contributed by atoms with Crippen LogP contribution in [0.5, 0.6) is 0 Å². The van der Waals surface area contributed by atoms with E-state index in [-0.39, 0.29) is 0 Å². The van der Waals surface area contributed by atoms with Crippen LogP contribution in [0.3, 0.4) is 0 Å². The third kappa shape index (κ3) is 5.61. The summed E-state index contributed by atoms with van der Waals surface area (Å²) in [5, 5.41) is 4.80. The monoisotopic (exact) mass is 637 g/mol. The van der Waals surface area contributed by atoms with E-state index >= 15 is 0 Å². The van der Waals surface area contributed by atoms with Gasteiger partial charge in [-0.1, -0.05) is 182 Å². The first-order chi connectivity index (χ1) is 24.8. The number of hydrogen-bond donors (Lipinski definition) is 0. The van der Waals surface area contributed by atoms with E-state index in [4.69, 9.17) is 15.0 Å². The molecule has 234 valence electrons. The second-order valence-corrected chi connectivity index (χ2v) is 12.5. The van der Waals surface area contributed by atoms with Crippen LogP contribution in [0, 0.1) is 0 Å². The fourth-order valence-electron chi connectivity index (χ4n) is 6.77. The van der Waals surface area contributed by atoms with Crippen molar-refractivity contribution in [3.8, 4) is 67.5 Å². The van der Waals surface area contributed by atoms with Gasteiger partial charge in [0.25, 0.3) is 0 Å². The Balaban J connectivity index is 1.15. The molecule has 9 rings (SSSR count). The number of aromatic nitrogens is 3. The Bertz CT molecular complexity index is 2510. The van der Waals surface area contributed by atoms with Crippen LogP contribution in [0.4, 0.5) is 0 Å². The van der Waals surface area contributed by atoms with Crippen LogP contribution in [0.2, 0.25) is 0 Å². The summed E-state index contributed by atoms with van der Waals surface area (Å²) in [5.74, 6) is 1.92. The van der Waals surface area contributed by atoms with Crippen molar-refractivity contribution in [2.45, 2.75) is 0 Å². The average Bonchev–Trinajstić information content (AvgIpc) is 3.21. The molecule has 0 atom stereocenters. The summed E-state index contributed by atoms with van der Waals surface area (Å²) >= 11 is 0. The molecule has 0 unspecified atom stereocenters. The van der Waals surface area contributed by atoms with Crippen molar-refractivity contribution >= 4 is 21.5 Å². The lowest BCUT2D eigenvalue weighted by molar-refractivity contribution is 1.07. The van der Waals surface area contributed by atoms with Gasteiger partial charge in [0.15, 0.2) is 17.5 Å². The zero-order chi connectivity index (χ0) is 33.3. The Labute approximate surface area is 291 Å². The maximum atomic E-state index is 5.07. The van der Waals surface area contributed by atoms with Gasteiger partial charge in [-0.25, -0.2) is 15.0 Å². The third-order valence-corrected chi connectivity index (χ3v) is 9.35. The topological polar surface area (TPSA) is 38.7 Å². The van der Waals surface area contributed by atoms with Crippen molar-refractivity contribution < 1.29 is 0 Å². The molecule has 0 N–H and O–H groups in total. The molecule has 0 saturated heterocycles. The lowest BCUT2D eigenvalue weighted by atomic mass is 9.93. The SMILES string of the molecule is c1ccc(-c2ccc(-c3nc(-c4ccc(-c5ccccc5)cc4)nc(-c4ccc5c(-c6cccc7ccccc67)cccc5c4)n3)cc2)cc1. The molecular formula is C47H31N3. The molecular weight excluding hydrogens is 607 g/mol. The summed E-state index contributed by atoms with van der Waals surface area (Å²) in [4.78, 5) is 15.2. The fourth-order valence-corrected chi connectivity index (χ4v) is 6.77. The van der Waals surface area contributed by atoms with E-state index in [2.05, 4.69) is 176 Å². The fraction of sp³-hybridized carbons (Fsp3) is 0. The number of nitrogens with zero attached hydrogens (tertiary/aromatic N) is 3. The molecule has 50 heavy (non-hydrogen) atoms. The zero-order valence-electron chi connectivity index (χ0n) is 27.2. The minimum Gasteiger partial charge on any atom is -0.208 e. The molecule has 0 fully saturated rings. The quantitative estimate of drug-likeness (QED) is 0.182. The van der Waals surface area contributed by atoms with Gasteiger partial charge in [-0.3, -0.25) is 0 Å². The normalized spacial score (nSPS) is 11.2. The average molecular weight is 638 g/mol. The molecule has 0 aliphatic heterocycles. The van der Waals surface area contributed by atoms with Crippen LogP contribution in [-0.4, -0.2) is 15.0 Å². The standard InChI is InChI=1S/C47H31N3/c1-3-11-32(12-4-1)34-21-25-37(26-22-34)45-48-46(38-27-23-35(24-28-38)33-13-5-2-6-14-33)50-47(49-45)40-29-30-42-39(31-40)17-10-20-44(42)43-19-9-16-36-15-7-8-18-41(36)43/h1-31H. The van der Waals surface area contributed by atoms with Crippen molar-refractivity contribution in [2.75, 3.05) is 0 Å².